The lowest BCUT2D eigenvalue weighted by atomic mass is 9.82. The van der Waals surface area contributed by atoms with E-state index in [9.17, 15) is 14.7 Å². The molecule has 0 spiro atoms. The van der Waals surface area contributed by atoms with Crippen LogP contribution in [0.2, 0.25) is 0 Å². The number of aliphatic imine (C=N–C) groups is 1. The number of ketones is 1. The SMILES string of the molecule is CC(Cc1ccc(OCCCCCc2ccccc2)cc1)C(=O)C1(CC(=O)O)C=CC=N1. The smallest absolute Gasteiger partial charge is 0.306 e. The number of allylic oxidation sites excluding steroid dienone is 1. The number of Topliss-reactive ketones (excluding diaryl/α,β-unsaturated/α-hetero) is 1. The average Bonchev–Trinajstić information content (AvgIpc) is 3.26. The van der Waals surface area contributed by atoms with Crippen LogP contribution >= 0.6 is 0 Å². The third kappa shape index (κ3) is 6.64. The summed E-state index contributed by atoms with van der Waals surface area (Å²) in [6, 6.07) is 18.3. The largest absolute Gasteiger partial charge is 0.494 e. The van der Waals surface area contributed by atoms with Gasteiger partial charge >= 0.3 is 5.97 Å². The molecule has 0 amide bonds. The lowest BCUT2D eigenvalue weighted by molar-refractivity contribution is -0.141. The Morgan fingerprint density at radius 1 is 1.00 bits per heavy atom. The summed E-state index contributed by atoms with van der Waals surface area (Å²) < 4.78 is 5.85. The molecule has 32 heavy (non-hydrogen) atoms. The number of benzene rings is 2. The summed E-state index contributed by atoms with van der Waals surface area (Å²) in [5.74, 6) is -0.719. The Morgan fingerprint density at radius 3 is 2.41 bits per heavy atom. The standard InChI is InChI=1S/C27H31NO4/c1-21(26(31)27(20-25(29)30)16-8-17-28-27)19-23-12-14-24(15-13-23)32-18-7-3-6-11-22-9-4-2-5-10-22/h2,4-5,8-10,12-17,21H,3,6-7,11,18-20H2,1H3,(H,29,30). The van der Waals surface area contributed by atoms with Gasteiger partial charge in [-0.2, -0.15) is 0 Å². The fraction of sp³-hybridized carbons (Fsp3) is 0.370. The van der Waals surface area contributed by atoms with E-state index in [1.54, 1.807) is 12.2 Å². The first-order chi connectivity index (χ1) is 15.5. The molecule has 0 aromatic heterocycles. The van der Waals surface area contributed by atoms with Gasteiger partial charge in [-0.05, 0) is 67.5 Å². The second kappa shape index (κ2) is 11.4. The van der Waals surface area contributed by atoms with Crippen molar-refractivity contribution in [3.05, 3.63) is 77.9 Å². The molecule has 1 aliphatic heterocycles. The molecule has 5 heteroatoms. The highest BCUT2D eigenvalue weighted by molar-refractivity contribution is 6.00. The van der Waals surface area contributed by atoms with Crippen molar-refractivity contribution in [2.75, 3.05) is 6.61 Å². The van der Waals surface area contributed by atoms with Crippen LogP contribution < -0.4 is 4.74 Å². The maximum atomic E-state index is 12.9. The molecule has 5 nitrogen and oxygen atoms in total. The van der Waals surface area contributed by atoms with E-state index in [1.165, 1.54) is 11.8 Å². The monoisotopic (exact) mass is 433 g/mol. The minimum atomic E-state index is -1.27. The zero-order valence-electron chi connectivity index (χ0n) is 18.6. The molecule has 2 aromatic rings. The summed E-state index contributed by atoms with van der Waals surface area (Å²) >= 11 is 0. The van der Waals surface area contributed by atoms with Crippen molar-refractivity contribution in [2.45, 2.75) is 51.0 Å². The Bertz CT molecular complexity index is 935. The van der Waals surface area contributed by atoms with Crippen LogP contribution in [0.1, 0.15) is 43.7 Å². The zero-order valence-corrected chi connectivity index (χ0v) is 18.6. The molecular weight excluding hydrogens is 402 g/mol. The lowest BCUT2D eigenvalue weighted by Gasteiger charge is -2.24. The van der Waals surface area contributed by atoms with Crippen molar-refractivity contribution in [1.29, 1.82) is 0 Å². The van der Waals surface area contributed by atoms with E-state index >= 15 is 0 Å². The van der Waals surface area contributed by atoms with Crippen molar-refractivity contribution in [3.8, 4) is 5.75 Å². The van der Waals surface area contributed by atoms with Gasteiger partial charge in [0.1, 0.15) is 11.3 Å². The number of aliphatic carboxylic acids is 1. The van der Waals surface area contributed by atoms with Crippen LogP contribution in [0.25, 0.3) is 0 Å². The molecule has 0 bridgehead atoms. The minimum absolute atomic E-state index is 0.166. The molecule has 0 aliphatic carbocycles. The van der Waals surface area contributed by atoms with Crippen LogP contribution in [-0.4, -0.2) is 35.2 Å². The van der Waals surface area contributed by atoms with Gasteiger partial charge in [0, 0.05) is 12.1 Å². The Labute approximate surface area is 189 Å². The van der Waals surface area contributed by atoms with E-state index in [0.29, 0.717) is 13.0 Å². The number of carboxylic acid groups (broad SMARTS) is 1. The predicted molar refractivity (Wildman–Crippen MR) is 126 cm³/mol. The number of ether oxygens (including phenoxy) is 1. The van der Waals surface area contributed by atoms with Crippen LogP contribution in [0.3, 0.4) is 0 Å². The van der Waals surface area contributed by atoms with Gasteiger partial charge in [0.2, 0.25) is 0 Å². The number of aryl methyl sites for hydroxylation is 1. The Morgan fingerprint density at radius 2 is 1.75 bits per heavy atom. The van der Waals surface area contributed by atoms with Gasteiger partial charge in [0.25, 0.3) is 0 Å². The van der Waals surface area contributed by atoms with E-state index in [-0.39, 0.29) is 18.1 Å². The van der Waals surface area contributed by atoms with Gasteiger partial charge < -0.3 is 9.84 Å². The van der Waals surface area contributed by atoms with Crippen molar-refractivity contribution < 1.29 is 19.4 Å². The van der Waals surface area contributed by atoms with Gasteiger partial charge in [0.05, 0.1) is 13.0 Å². The number of rotatable bonds is 13. The molecular formula is C27H31NO4. The van der Waals surface area contributed by atoms with Crippen LogP contribution in [0.4, 0.5) is 0 Å². The van der Waals surface area contributed by atoms with E-state index in [1.807, 2.05) is 37.3 Å². The molecule has 2 unspecified atom stereocenters. The summed E-state index contributed by atoms with van der Waals surface area (Å²) in [4.78, 5) is 28.3. The maximum Gasteiger partial charge on any atom is 0.306 e. The molecule has 1 N–H and O–H groups in total. The molecule has 1 aliphatic rings. The second-order valence-electron chi connectivity index (χ2n) is 8.39. The molecule has 3 rings (SSSR count). The lowest BCUT2D eigenvalue weighted by Crippen LogP contribution is -2.40. The van der Waals surface area contributed by atoms with E-state index < -0.39 is 11.5 Å². The maximum absolute atomic E-state index is 12.9. The third-order valence-corrected chi connectivity index (χ3v) is 5.74. The molecule has 2 aromatic carbocycles. The first kappa shape index (κ1) is 23.5. The van der Waals surface area contributed by atoms with Crippen molar-refractivity contribution in [1.82, 2.24) is 0 Å². The van der Waals surface area contributed by atoms with Gasteiger partial charge in [-0.15, -0.1) is 0 Å². The van der Waals surface area contributed by atoms with Crippen LogP contribution in [0, 0.1) is 5.92 Å². The summed E-state index contributed by atoms with van der Waals surface area (Å²) in [7, 11) is 0. The molecule has 0 saturated heterocycles. The Balaban J connectivity index is 1.41. The zero-order chi connectivity index (χ0) is 22.8. The van der Waals surface area contributed by atoms with E-state index in [2.05, 4.69) is 29.3 Å². The normalized spacial score (nSPS) is 17.9. The summed E-state index contributed by atoms with van der Waals surface area (Å²) in [6.07, 6.45) is 9.34. The highest BCUT2D eigenvalue weighted by Crippen LogP contribution is 2.28. The van der Waals surface area contributed by atoms with Crippen molar-refractivity contribution >= 4 is 18.0 Å². The second-order valence-corrected chi connectivity index (χ2v) is 8.39. The number of nitrogens with zero attached hydrogens (tertiary/aromatic N) is 1. The number of carbonyl (C=O) groups excluding carboxylic acids is 1. The molecule has 0 radical (unpaired) electrons. The topological polar surface area (TPSA) is 76.0 Å². The first-order valence-corrected chi connectivity index (χ1v) is 11.2. The van der Waals surface area contributed by atoms with Crippen LogP contribution in [0.5, 0.6) is 5.75 Å². The highest BCUT2D eigenvalue weighted by atomic mass is 16.5. The molecule has 2 atom stereocenters. The predicted octanol–water partition coefficient (Wildman–Crippen LogP) is 5.08. The average molecular weight is 434 g/mol. The van der Waals surface area contributed by atoms with Gasteiger partial charge in [0.15, 0.2) is 5.78 Å². The van der Waals surface area contributed by atoms with Gasteiger partial charge in [-0.25, -0.2) is 0 Å². The summed E-state index contributed by atoms with van der Waals surface area (Å²) in [5, 5.41) is 9.19. The Kier molecular flexibility index (Phi) is 8.37. The highest BCUT2D eigenvalue weighted by Gasteiger charge is 2.41. The van der Waals surface area contributed by atoms with Crippen molar-refractivity contribution in [2.24, 2.45) is 10.9 Å². The van der Waals surface area contributed by atoms with Crippen molar-refractivity contribution in [3.63, 3.8) is 0 Å². The molecule has 0 fully saturated rings. The summed E-state index contributed by atoms with van der Waals surface area (Å²) in [5.41, 5.74) is 1.12. The van der Waals surface area contributed by atoms with Crippen LogP contribution in [-0.2, 0) is 22.4 Å². The first-order valence-electron chi connectivity index (χ1n) is 11.2. The van der Waals surface area contributed by atoms with E-state index in [4.69, 9.17) is 4.74 Å². The minimum Gasteiger partial charge on any atom is -0.494 e. The summed E-state index contributed by atoms with van der Waals surface area (Å²) in [6.45, 7) is 2.51. The number of carbonyl (C=O) groups is 2. The van der Waals surface area contributed by atoms with E-state index in [0.717, 1.165) is 37.0 Å². The molecule has 168 valence electrons. The van der Waals surface area contributed by atoms with Gasteiger partial charge in [-0.1, -0.05) is 49.4 Å². The fourth-order valence-corrected chi connectivity index (χ4v) is 4.03. The molecule has 0 saturated carbocycles. The Hall–Kier alpha value is -3.21. The number of unbranched alkanes of at least 4 members (excludes halogenated alkanes) is 2. The van der Waals surface area contributed by atoms with Gasteiger partial charge in [-0.3, -0.25) is 14.6 Å². The number of hydrogen-bond acceptors (Lipinski definition) is 4. The number of carboxylic acids is 1. The fourth-order valence-electron chi connectivity index (χ4n) is 4.03. The third-order valence-electron chi connectivity index (χ3n) is 5.74. The quantitative estimate of drug-likeness (QED) is 0.447. The molecule has 1 heterocycles. The number of hydrogen-bond donors (Lipinski definition) is 1. The van der Waals surface area contributed by atoms with Crippen LogP contribution in [0.15, 0.2) is 71.7 Å².